The average molecular weight is 478 g/mol. The van der Waals surface area contributed by atoms with Crippen LogP contribution in [0, 0.1) is 12.8 Å². The lowest BCUT2D eigenvalue weighted by molar-refractivity contribution is -0.140. The van der Waals surface area contributed by atoms with Gasteiger partial charge in [-0.2, -0.15) is 0 Å². The first-order chi connectivity index (χ1) is 16.6. The summed E-state index contributed by atoms with van der Waals surface area (Å²) in [4.78, 5) is 42.8. The topological polar surface area (TPSA) is 79.0 Å². The van der Waals surface area contributed by atoms with E-state index in [1.165, 1.54) is 0 Å². The second-order valence-electron chi connectivity index (χ2n) is 10.6. The predicted octanol–water partition coefficient (Wildman–Crippen LogP) is 4.53. The fourth-order valence-electron chi connectivity index (χ4n) is 4.80. The molecule has 0 saturated carbocycles. The Morgan fingerprint density at radius 3 is 2.31 bits per heavy atom. The maximum absolute atomic E-state index is 13.6. The van der Waals surface area contributed by atoms with Gasteiger partial charge in [0.2, 0.25) is 11.8 Å². The smallest absolute Gasteiger partial charge is 0.411 e. The van der Waals surface area contributed by atoms with E-state index in [4.69, 9.17) is 4.74 Å². The molecular formula is C28H35N3O4. The molecule has 0 unspecified atom stereocenters. The van der Waals surface area contributed by atoms with Crippen LogP contribution in [0.5, 0.6) is 0 Å². The number of nitrogens with zero attached hydrogens (tertiary/aromatic N) is 2. The number of aryl methyl sites for hydroxylation is 1. The summed E-state index contributed by atoms with van der Waals surface area (Å²) in [6.45, 7) is 8.79. The SMILES string of the molecule is Cc1cccc(NC(=O)C2CCN(C(=O)[C@@H]3Cc4ccccc4CN3C(=O)OC(C)(C)C)CC2)c1. The molecule has 2 aromatic rings. The van der Waals surface area contributed by atoms with Gasteiger partial charge in [0, 0.05) is 31.1 Å². The molecule has 2 aromatic carbocycles. The zero-order valence-corrected chi connectivity index (χ0v) is 21.0. The molecule has 3 amide bonds. The monoisotopic (exact) mass is 477 g/mol. The molecule has 0 radical (unpaired) electrons. The number of ether oxygens (including phenoxy) is 1. The fourth-order valence-corrected chi connectivity index (χ4v) is 4.80. The molecule has 7 nitrogen and oxygen atoms in total. The van der Waals surface area contributed by atoms with Crippen LogP contribution in [0.15, 0.2) is 48.5 Å². The number of amides is 3. The van der Waals surface area contributed by atoms with Crippen molar-refractivity contribution in [1.82, 2.24) is 9.80 Å². The first-order valence-electron chi connectivity index (χ1n) is 12.3. The van der Waals surface area contributed by atoms with Crippen LogP contribution in [0.3, 0.4) is 0 Å². The second-order valence-corrected chi connectivity index (χ2v) is 10.6. The molecule has 2 aliphatic heterocycles. The number of hydrogen-bond acceptors (Lipinski definition) is 4. The van der Waals surface area contributed by atoms with Crippen molar-refractivity contribution >= 4 is 23.6 Å². The summed E-state index contributed by atoms with van der Waals surface area (Å²) in [5.41, 5.74) is 3.35. The third kappa shape index (κ3) is 6.02. The maximum Gasteiger partial charge on any atom is 0.411 e. The van der Waals surface area contributed by atoms with Crippen molar-refractivity contribution in [2.75, 3.05) is 18.4 Å². The van der Waals surface area contributed by atoms with Gasteiger partial charge in [-0.05, 0) is 69.4 Å². The number of rotatable bonds is 3. The molecule has 1 N–H and O–H groups in total. The normalized spacial score (nSPS) is 18.6. The Bertz CT molecular complexity index is 1100. The summed E-state index contributed by atoms with van der Waals surface area (Å²) in [5, 5.41) is 3.00. The Hall–Kier alpha value is -3.35. The minimum atomic E-state index is -0.648. The van der Waals surface area contributed by atoms with Crippen LogP contribution in [0.25, 0.3) is 0 Å². The molecule has 0 bridgehead atoms. The van der Waals surface area contributed by atoms with E-state index in [1.54, 1.807) is 9.80 Å². The van der Waals surface area contributed by atoms with Crippen molar-refractivity contribution in [1.29, 1.82) is 0 Å². The van der Waals surface area contributed by atoms with E-state index >= 15 is 0 Å². The van der Waals surface area contributed by atoms with Gasteiger partial charge in [-0.1, -0.05) is 36.4 Å². The predicted molar refractivity (Wildman–Crippen MR) is 135 cm³/mol. The first-order valence-corrected chi connectivity index (χ1v) is 12.3. The van der Waals surface area contributed by atoms with Crippen LogP contribution in [0.1, 0.15) is 50.3 Å². The number of anilines is 1. The van der Waals surface area contributed by atoms with Gasteiger partial charge in [-0.3, -0.25) is 14.5 Å². The Kier molecular flexibility index (Phi) is 7.15. The van der Waals surface area contributed by atoms with Gasteiger partial charge in [-0.15, -0.1) is 0 Å². The number of fused-ring (bicyclic) bond motifs is 1. The number of likely N-dealkylation sites (tertiary alicyclic amines) is 1. The molecule has 1 fully saturated rings. The molecule has 186 valence electrons. The van der Waals surface area contributed by atoms with E-state index < -0.39 is 17.7 Å². The highest BCUT2D eigenvalue weighted by Crippen LogP contribution is 2.28. The van der Waals surface area contributed by atoms with E-state index in [0.29, 0.717) is 38.9 Å². The molecule has 0 aliphatic carbocycles. The van der Waals surface area contributed by atoms with E-state index in [9.17, 15) is 14.4 Å². The highest BCUT2D eigenvalue weighted by molar-refractivity contribution is 5.93. The lowest BCUT2D eigenvalue weighted by Gasteiger charge is -2.40. The Morgan fingerprint density at radius 2 is 1.66 bits per heavy atom. The zero-order chi connectivity index (χ0) is 25.2. The maximum atomic E-state index is 13.6. The minimum absolute atomic E-state index is 0.00956. The molecule has 1 saturated heterocycles. The summed E-state index contributed by atoms with van der Waals surface area (Å²) in [6.07, 6.45) is 1.18. The van der Waals surface area contributed by atoms with E-state index in [1.807, 2.05) is 76.2 Å². The molecule has 7 heteroatoms. The van der Waals surface area contributed by atoms with Gasteiger partial charge in [0.05, 0.1) is 6.54 Å². The largest absolute Gasteiger partial charge is 0.444 e. The van der Waals surface area contributed by atoms with Crippen molar-refractivity contribution in [3.05, 3.63) is 65.2 Å². The van der Waals surface area contributed by atoms with Gasteiger partial charge in [0.1, 0.15) is 11.6 Å². The highest BCUT2D eigenvalue weighted by atomic mass is 16.6. The molecule has 1 atom stereocenters. The van der Waals surface area contributed by atoms with Crippen molar-refractivity contribution in [3.63, 3.8) is 0 Å². The van der Waals surface area contributed by atoms with Crippen LogP contribution in [-0.2, 0) is 27.3 Å². The fraction of sp³-hybridized carbons (Fsp3) is 0.464. The number of carbonyl (C=O) groups excluding carboxylic acids is 3. The Balaban J connectivity index is 1.42. The molecule has 2 aliphatic rings. The molecular weight excluding hydrogens is 442 g/mol. The van der Waals surface area contributed by atoms with Crippen molar-refractivity contribution < 1.29 is 19.1 Å². The molecule has 35 heavy (non-hydrogen) atoms. The first kappa shape index (κ1) is 24.8. The third-order valence-corrected chi connectivity index (χ3v) is 6.62. The number of hydrogen-bond donors (Lipinski definition) is 1. The van der Waals surface area contributed by atoms with Crippen LogP contribution < -0.4 is 5.32 Å². The Labute approximate surface area is 207 Å². The number of nitrogens with one attached hydrogen (secondary N) is 1. The van der Waals surface area contributed by atoms with Gasteiger partial charge >= 0.3 is 6.09 Å². The van der Waals surface area contributed by atoms with E-state index in [0.717, 1.165) is 22.4 Å². The summed E-state index contributed by atoms with van der Waals surface area (Å²) < 4.78 is 5.64. The third-order valence-electron chi connectivity index (χ3n) is 6.62. The van der Waals surface area contributed by atoms with Crippen molar-refractivity contribution in [2.45, 2.75) is 65.1 Å². The summed E-state index contributed by atoms with van der Waals surface area (Å²) >= 11 is 0. The lowest BCUT2D eigenvalue weighted by atomic mass is 9.91. The van der Waals surface area contributed by atoms with Gasteiger partial charge in [0.25, 0.3) is 0 Å². The summed E-state index contributed by atoms with van der Waals surface area (Å²) in [5.74, 6) is -0.235. The minimum Gasteiger partial charge on any atom is -0.444 e. The molecule has 0 spiro atoms. The summed E-state index contributed by atoms with van der Waals surface area (Å²) in [6, 6.07) is 15.0. The highest BCUT2D eigenvalue weighted by Gasteiger charge is 2.40. The summed E-state index contributed by atoms with van der Waals surface area (Å²) in [7, 11) is 0. The van der Waals surface area contributed by atoms with Gasteiger partial charge in [0.15, 0.2) is 0 Å². The van der Waals surface area contributed by atoms with Crippen LogP contribution in [0.2, 0.25) is 0 Å². The standard InChI is InChI=1S/C28H35N3O4/c1-19-8-7-11-23(16-19)29-25(32)20-12-14-30(15-13-20)26(33)24-17-21-9-5-6-10-22(21)18-31(24)27(34)35-28(2,3)4/h5-11,16,20,24H,12-15,17-18H2,1-4H3,(H,29,32)/t24-/m0/s1. The van der Waals surface area contributed by atoms with Gasteiger partial charge < -0.3 is 15.0 Å². The average Bonchev–Trinajstić information content (AvgIpc) is 2.82. The Morgan fingerprint density at radius 1 is 0.971 bits per heavy atom. The van der Waals surface area contributed by atoms with E-state index in [-0.39, 0.29) is 17.7 Å². The van der Waals surface area contributed by atoms with Crippen molar-refractivity contribution in [2.24, 2.45) is 5.92 Å². The molecule has 4 rings (SSSR count). The lowest BCUT2D eigenvalue weighted by Crippen LogP contribution is -2.56. The van der Waals surface area contributed by atoms with Crippen LogP contribution in [0.4, 0.5) is 10.5 Å². The van der Waals surface area contributed by atoms with E-state index in [2.05, 4.69) is 5.32 Å². The van der Waals surface area contributed by atoms with Crippen LogP contribution in [-0.4, -0.2) is 52.4 Å². The quantitative estimate of drug-likeness (QED) is 0.704. The second kappa shape index (κ2) is 10.1. The number of carbonyl (C=O) groups is 3. The number of benzene rings is 2. The number of piperidine rings is 1. The van der Waals surface area contributed by atoms with Crippen LogP contribution >= 0.6 is 0 Å². The molecule has 0 aromatic heterocycles. The van der Waals surface area contributed by atoms with Gasteiger partial charge in [-0.25, -0.2) is 4.79 Å². The zero-order valence-electron chi connectivity index (χ0n) is 21.0. The van der Waals surface area contributed by atoms with Crippen molar-refractivity contribution in [3.8, 4) is 0 Å². The molecule has 2 heterocycles.